The van der Waals surface area contributed by atoms with E-state index >= 15 is 0 Å². The molecule has 0 unspecified atom stereocenters. The summed E-state index contributed by atoms with van der Waals surface area (Å²) in [6.07, 6.45) is 2.71. The predicted molar refractivity (Wildman–Crippen MR) is 71.1 cm³/mol. The normalized spacial score (nSPS) is 10.1. The van der Waals surface area contributed by atoms with Crippen molar-refractivity contribution in [2.24, 2.45) is 0 Å². The lowest BCUT2D eigenvalue weighted by molar-refractivity contribution is 0.0694. The number of ether oxygens (including phenoxy) is 1. The fourth-order valence-electron chi connectivity index (χ4n) is 1.27. The van der Waals surface area contributed by atoms with E-state index in [2.05, 4.69) is 9.97 Å². The molecule has 2 N–H and O–H groups in total. The van der Waals surface area contributed by atoms with Crippen LogP contribution in [0.3, 0.4) is 0 Å². The van der Waals surface area contributed by atoms with Crippen LogP contribution < -0.4 is 10.3 Å². The van der Waals surface area contributed by atoms with E-state index in [0.29, 0.717) is 0 Å². The van der Waals surface area contributed by atoms with Gasteiger partial charge in [0.1, 0.15) is 11.3 Å². The van der Waals surface area contributed by atoms with Gasteiger partial charge in [-0.05, 0) is 40.8 Å². The van der Waals surface area contributed by atoms with E-state index in [4.69, 9.17) is 9.84 Å². The van der Waals surface area contributed by atoms with Gasteiger partial charge in [-0.15, -0.1) is 0 Å². The van der Waals surface area contributed by atoms with Crippen molar-refractivity contribution in [3.8, 4) is 11.6 Å². The number of rotatable bonds is 3. The maximum atomic E-state index is 11.4. The van der Waals surface area contributed by atoms with Crippen molar-refractivity contribution >= 4 is 28.6 Å². The predicted octanol–water partition coefficient (Wildman–Crippen LogP) is 1.86. The standard InChI is InChI=1S/C11H7IN2O4/c12-6-1-2-8(7(5-6)11(16)17)18-10-9(15)13-3-4-14-10/h1-5H,(H,13,15)(H,16,17). The molecule has 0 aliphatic heterocycles. The molecule has 0 saturated carbocycles. The van der Waals surface area contributed by atoms with Gasteiger partial charge in [0.2, 0.25) is 0 Å². The van der Waals surface area contributed by atoms with Crippen LogP contribution >= 0.6 is 22.6 Å². The van der Waals surface area contributed by atoms with E-state index in [9.17, 15) is 9.59 Å². The van der Waals surface area contributed by atoms with E-state index < -0.39 is 11.5 Å². The largest absolute Gasteiger partial charge is 0.478 e. The minimum Gasteiger partial charge on any atom is -0.478 e. The number of aromatic nitrogens is 2. The zero-order valence-electron chi connectivity index (χ0n) is 8.88. The summed E-state index contributed by atoms with van der Waals surface area (Å²) < 4.78 is 5.97. The molecule has 2 aromatic rings. The first-order chi connectivity index (χ1) is 8.58. The minimum absolute atomic E-state index is 0.0213. The number of aromatic carboxylic acids is 1. The molecule has 0 aliphatic rings. The van der Waals surface area contributed by atoms with Crippen molar-refractivity contribution in [1.29, 1.82) is 0 Å². The Morgan fingerprint density at radius 1 is 1.44 bits per heavy atom. The monoisotopic (exact) mass is 358 g/mol. The summed E-state index contributed by atoms with van der Waals surface area (Å²) in [7, 11) is 0. The van der Waals surface area contributed by atoms with Crippen LogP contribution in [0.15, 0.2) is 35.4 Å². The Labute approximate surface area is 115 Å². The van der Waals surface area contributed by atoms with Crippen molar-refractivity contribution in [3.63, 3.8) is 0 Å². The molecule has 6 nitrogen and oxygen atoms in total. The smallest absolute Gasteiger partial charge is 0.339 e. The molecule has 0 saturated heterocycles. The van der Waals surface area contributed by atoms with Crippen LogP contribution in [-0.4, -0.2) is 21.0 Å². The summed E-state index contributed by atoms with van der Waals surface area (Å²) in [6.45, 7) is 0. The second-order valence-electron chi connectivity index (χ2n) is 3.27. The van der Waals surface area contributed by atoms with Crippen LogP contribution in [0.5, 0.6) is 11.6 Å². The van der Waals surface area contributed by atoms with Gasteiger partial charge < -0.3 is 14.8 Å². The molecule has 0 fully saturated rings. The fraction of sp³-hybridized carbons (Fsp3) is 0. The number of halogens is 1. The van der Waals surface area contributed by atoms with Gasteiger partial charge in [0.25, 0.3) is 5.88 Å². The number of carboxylic acid groups (broad SMARTS) is 1. The molecule has 1 aromatic heterocycles. The highest BCUT2D eigenvalue weighted by Gasteiger charge is 2.14. The molecule has 7 heteroatoms. The molecule has 2 rings (SSSR count). The molecular weight excluding hydrogens is 351 g/mol. The van der Waals surface area contributed by atoms with Crippen molar-refractivity contribution in [1.82, 2.24) is 9.97 Å². The topological polar surface area (TPSA) is 92.3 Å². The quantitative estimate of drug-likeness (QED) is 0.818. The van der Waals surface area contributed by atoms with E-state index in [-0.39, 0.29) is 17.2 Å². The van der Waals surface area contributed by atoms with Gasteiger partial charge in [0, 0.05) is 16.0 Å². The third kappa shape index (κ3) is 2.67. The maximum absolute atomic E-state index is 11.4. The number of aromatic amines is 1. The third-order valence-electron chi connectivity index (χ3n) is 2.05. The Balaban J connectivity index is 2.44. The average molecular weight is 358 g/mol. The lowest BCUT2D eigenvalue weighted by atomic mass is 10.2. The molecular formula is C11H7IN2O4. The Morgan fingerprint density at radius 2 is 2.22 bits per heavy atom. The van der Waals surface area contributed by atoms with Crippen molar-refractivity contribution in [2.75, 3.05) is 0 Å². The van der Waals surface area contributed by atoms with Gasteiger partial charge >= 0.3 is 11.5 Å². The summed E-state index contributed by atoms with van der Waals surface area (Å²) in [5.41, 5.74) is -0.542. The first-order valence-corrected chi connectivity index (χ1v) is 5.90. The maximum Gasteiger partial charge on any atom is 0.339 e. The number of carbonyl (C=O) groups is 1. The second-order valence-corrected chi connectivity index (χ2v) is 4.52. The van der Waals surface area contributed by atoms with Crippen LogP contribution in [0.25, 0.3) is 0 Å². The Bertz CT molecular complexity index is 653. The van der Waals surface area contributed by atoms with Crippen LogP contribution in [0.2, 0.25) is 0 Å². The minimum atomic E-state index is -1.13. The summed E-state index contributed by atoms with van der Waals surface area (Å²) in [4.78, 5) is 28.6. The first-order valence-electron chi connectivity index (χ1n) is 4.82. The van der Waals surface area contributed by atoms with E-state index in [1.54, 1.807) is 6.07 Å². The van der Waals surface area contributed by atoms with Gasteiger partial charge in [0.15, 0.2) is 0 Å². The van der Waals surface area contributed by atoms with E-state index in [0.717, 1.165) is 3.57 Å². The molecule has 18 heavy (non-hydrogen) atoms. The second kappa shape index (κ2) is 5.17. The van der Waals surface area contributed by atoms with Crippen LogP contribution in [0, 0.1) is 3.57 Å². The summed E-state index contributed by atoms with van der Waals surface area (Å²) >= 11 is 1.99. The number of hydrogen-bond acceptors (Lipinski definition) is 4. The molecule has 0 atom stereocenters. The zero-order valence-corrected chi connectivity index (χ0v) is 11.0. The first kappa shape index (κ1) is 12.6. The summed E-state index contributed by atoms with van der Waals surface area (Å²) in [5.74, 6) is -1.25. The highest BCUT2D eigenvalue weighted by Crippen LogP contribution is 2.24. The molecule has 1 heterocycles. The lowest BCUT2D eigenvalue weighted by Crippen LogP contribution is -2.11. The molecule has 0 spiro atoms. The fourth-order valence-corrected chi connectivity index (χ4v) is 1.76. The van der Waals surface area contributed by atoms with Gasteiger partial charge in [-0.25, -0.2) is 9.78 Å². The van der Waals surface area contributed by atoms with Gasteiger partial charge in [0.05, 0.1) is 0 Å². The number of H-pyrrole nitrogens is 1. The van der Waals surface area contributed by atoms with Crippen molar-refractivity contribution in [2.45, 2.75) is 0 Å². The number of benzene rings is 1. The molecule has 92 valence electrons. The van der Waals surface area contributed by atoms with Gasteiger partial charge in [-0.1, -0.05) is 0 Å². The Morgan fingerprint density at radius 3 is 2.89 bits per heavy atom. The van der Waals surface area contributed by atoms with Crippen molar-refractivity contribution in [3.05, 3.63) is 50.1 Å². The van der Waals surface area contributed by atoms with Gasteiger partial charge in [-0.3, -0.25) is 4.79 Å². The Hall–Kier alpha value is -1.90. The highest BCUT2D eigenvalue weighted by atomic mass is 127. The molecule has 0 bridgehead atoms. The summed E-state index contributed by atoms with van der Waals surface area (Å²) in [6, 6.07) is 4.62. The van der Waals surface area contributed by atoms with Crippen LogP contribution in [-0.2, 0) is 0 Å². The molecule has 0 amide bonds. The SMILES string of the molecule is O=C(O)c1cc(I)ccc1Oc1ncc[nH]c1=O. The van der Waals surface area contributed by atoms with Crippen LogP contribution in [0.4, 0.5) is 0 Å². The Kier molecular flexibility index (Phi) is 3.60. The molecule has 1 aromatic carbocycles. The summed E-state index contributed by atoms with van der Waals surface area (Å²) in [5, 5.41) is 9.05. The van der Waals surface area contributed by atoms with Crippen molar-refractivity contribution < 1.29 is 14.6 Å². The van der Waals surface area contributed by atoms with E-state index in [1.165, 1.54) is 24.5 Å². The third-order valence-corrected chi connectivity index (χ3v) is 2.72. The number of nitrogens with one attached hydrogen (secondary N) is 1. The van der Waals surface area contributed by atoms with Crippen LogP contribution in [0.1, 0.15) is 10.4 Å². The molecule has 0 radical (unpaired) electrons. The van der Waals surface area contributed by atoms with Gasteiger partial charge in [-0.2, -0.15) is 0 Å². The zero-order chi connectivity index (χ0) is 13.1. The lowest BCUT2D eigenvalue weighted by Gasteiger charge is -2.07. The number of nitrogens with zero attached hydrogens (tertiary/aromatic N) is 1. The number of hydrogen-bond donors (Lipinski definition) is 2. The highest BCUT2D eigenvalue weighted by molar-refractivity contribution is 14.1. The average Bonchev–Trinajstić information content (AvgIpc) is 2.34. The molecule has 0 aliphatic carbocycles. The van der Waals surface area contributed by atoms with E-state index in [1.807, 2.05) is 22.6 Å². The number of carboxylic acids is 1.